The fraction of sp³-hybridized carbons (Fsp3) is 0.533. The first-order chi connectivity index (χ1) is 10.1. The molecule has 0 aromatic carbocycles. The van der Waals surface area contributed by atoms with Gasteiger partial charge in [0.2, 0.25) is 0 Å². The van der Waals surface area contributed by atoms with Crippen molar-refractivity contribution < 1.29 is 0 Å². The third-order valence-corrected chi connectivity index (χ3v) is 5.65. The van der Waals surface area contributed by atoms with Crippen molar-refractivity contribution in [1.82, 2.24) is 14.7 Å². The monoisotopic (exact) mass is 370 g/mol. The molecule has 1 atom stereocenters. The minimum Gasteiger partial charge on any atom is -0.375 e. The Balaban J connectivity index is 1.89. The molecule has 2 aromatic rings. The number of halogens is 1. The van der Waals surface area contributed by atoms with Gasteiger partial charge in [0, 0.05) is 22.1 Å². The van der Waals surface area contributed by atoms with Crippen LogP contribution in [0.1, 0.15) is 31.7 Å². The highest BCUT2D eigenvalue weighted by atomic mass is 79.9. The Bertz CT molecular complexity index is 547. The van der Waals surface area contributed by atoms with Crippen molar-refractivity contribution in [2.45, 2.75) is 33.4 Å². The van der Waals surface area contributed by atoms with Crippen LogP contribution in [0.2, 0.25) is 0 Å². The molecule has 1 N–H and O–H groups in total. The van der Waals surface area contributed by atoms with Crippen molar-refractivity contribution in [1.29, 1.82) is 0 Å². The third-order valence-electron chi connectivity index (χ3n) is 3.59. The molecule has 2 heterocycles. The molecule has 4 nitrogen and oxygen atoms in total. The quantitative estimate of drug-likeness (QED) is 0.754. The van der Waals surface area contributed by atoms with E-state index in [4.69, 9.17) is 0 Å². The summed E-state index contributed by atoms with van der Waals surface area (Å²) in [5.41, 5.74) is 1.07. The summed E-state index contributed by atoms with van der Waals surface area (Å²) < 4.78 is 3.18. The lowest BCUT2D eigenvalue weighted by atomic mass is 10.2. The van der Waals surface area contributed by atoms with Gasteiger partial charge in [0.15, 0.2) is 0 Å². The molecular formula is C15H23BrN4S. The van der Waals surface area contributed by atoms with Gasteiger partial charge in [0.1, 0.15) is 0 Å². The van der Waals surface area contributed by atoms with E-state index in [2.05, 4.69) is 69.7 Å². The second-order valence-electron chi connectivity index (χ2n) is 5.02. The molecule has 0 aliphatic carbocycles. The van der Waals surface area contributed by atoms with E-state index < -0.39 is 0 Å². The standard InChI is InChI=1S/C15H23BrN4S/c1-4-19(5-2)7-8-20-11-13(10-17-20)18-12(3)15-14(16)6-9-21-15/h6,9-12,18H,4-5,7-8H2,1-3H3. The molecule has 0 aliphatic rings. The van der Waals surface area contributed by atoms with Crippen molar-refractivity contribution in [3.8, 4) is 0 Å². The van der Waals surface area contributed by atoms with Gasteiger partial charge in [-0.15, -0.1) is 11.3 Å². The SMILES string of the molecule is CCN(CC)CCn1cc(NC(C)c2sccc2Br)cn1. The lowest BCUT2D eigenvalue weighted by Gasteiger charge is -2.17. The zero-order valence-electron chi connectivity index (χ0n) is 12.8. The van der Waals surface area contributed by atoms with E-state index in [1.54, 1.807) is 11.3 Å². The van der Waals surface area contributed by atoms with Crippen LogP contribution in [0.3, 0.4) is 0 Å². The number of likely N-dealkylation sites (N-methyl/N-ethyl adjacent to an activating group) is 1. The second-order valence-corrected chi connectivity index (χ2v) is 6.82. The molecule has 2 aromatic heterocycles. The van der Waals surface area contributed by atoms with Crippen molar-refractivity contribution in [3.63, 3.8) is 0 Å². The number of thiophene rings is 1. The summed E-state index contributed by atoms with van der Waals surface area (Å²) in [5, 5.41) is 10.0. The van der Waals surface area contributed by atoms with E-state index in [0.717, 1.165) is 31.9 Å². The number of hydrogen-bond acceptors (Lipinski definition) is 4. The van der Waals surface area contributed by atoms with E-state index in [-0.39, 0.29) is 6.04 Å². The predicted molar refractivity (Wildman–Crippen MR) is 94.1 cm³/mol. The second kappa shape index (κ2) is 7.96. The van der Waals surface area contributed by atoms with Gasteiger partial charge in [0.25, 0.3) is 0 Å². The highest BCUT2D eigenvalue weighted by Crippen LogP contribution is 2.30. The smallest absolute Gasteiger partial charge is 0.0731 e. The Hall–Kier alpha value is -0.850. The van der Waals surface area contributed by atoms with E-state index in [0.29, 0.717) is 0 Å². The molecule has 1 unspecified atom stereocenters. The minimum absolute atomic E-state index is 0.278. The van der Waals surface area contributed by atoms with Gasteiger partial charge < -0.3 is 10.2 Å². The molecule has 0 fully saturated rings. The average Bonchev–Trinajstić information content (AvgIpc) is 3.09. The van der Waals surface area contributed by atoms with E-state index in [9.17, 15) is 0 Å². The van der Waals surface area contributed by atoms with Crippen LogP contribution in [0.15, 0.2) is 28.3 Å². The molecule has 2 rings (SSSR count). The largest absolute Gasteiger partial charge is 0.375 e. The number of nitrogens with one attached hydrogen (secondary N) is 1. The predicted octanol–water partition coefficient (Wildman–Crippen LogP) is 4.22. The van der Waals surface area contributed by atoms with Gasteiger partial charge in [-0.1, -0.05) is 13.8 Å². The molecule has 116 valence electrons. The van der Waals surface area contributed by atoms with Gasteiger partial charge in [-0.3, -0.25) is 4.68 Å². The van der Waals surface area contributed by atoms with Gasteiger partial charge in [-0.2, -0.15) is 5.10 Å². The third kappa shape index (κ3) is 4.56. The van der Waals surface area contributed by atoms with Gasteiger partial charge in [-0.25, -0.2) is 0 Å². The Kier molecular flexibility index (Phi) is 6.26. The molecule has 0 spiro atoms. The van der Waals surface area contributed by atoms with Gasteiger partial charge in [0.05, 0.1) is 24.5 Å². The number of hydrogen-bond donors (Lipinski definition) is 1. The molecule has 6 heteroatoms. The Labute approximate surface area is 139 Å². The zero-order valence-corrected chi connectivity index (χ0v) is 15.2. The van der Waals surface area contributed by atoms with Crippen LogP contribution in [0.25, 0.3) is 0 Å². The van der Waals surface area contributed by atoms with Crippen molar-refractivity contribution in [2.75, 3.05) is 25.0 Å². The van der Waals surface area contributed by atoms with Gasteiger partial charge in [-0.05, 0) is 47.4 Å². The Morgan fingerprint density at radius 2 is 2.19 bits per heavy atom. The van der Waals surface area contributed by atoms with Crippen LogP contribution in [0.5, 0.6) is 0 Å². The molecule has 0 saturated heterocycles. The van der Waals surface area contributed by atoms with Crippen LogP contribution in [-0.2, 0) is 6.54 Å². The Morgan fingerprint density at radius 1 is 1.43 bits per heavy atom. The molecular weight excluding hydrogens is 348 g/mol. The Morgan fingerprint density at radius 3 is 2.81 bits per heavy atom. The molecule has 0 amide bonds. The zero-order chi connectivity index (χ0) is 15.2. The fourth-order valence-electron chi connectivity index (χ4n) is 2.27. The molecule has 21 heavy (non-hydrogen) atoms. The van der Waals surface area contributed by atoms with E-state index in [1.807, 2.05) is 10.9 Å². The van der Waals surface area contributed by atoms with Crippen molar-refractivity contribution in [3.05, 3.63) is 33.2 Å². The minimum atomic E-state index is 0.278. The van der Waals surface area contributed by atoms with E-state index in [1.165, 1.54) is 9.35 Å². The number of aromatic nitrogens is 2. The van der Waals surface area contributed by atoms with Crippen molar-refractivity contribution >= 4 is 33.0 Å². The number of anilines is 1. The summed E-state index contributed by atoms with van der Waals surface area (Å²) in [4.78, 5) is 3.71. The summed E-state index contributed by atoms with van der Waals surface area (Å²) in [7, 11) is 0. The summed E-state index contributed by atoms with van der Waals surface area (Å²) in [6, 6.07) is 2.37. The lowest BCUT2D eigenvalue weighted by Crippen LogP contribution is -2.27. The van der Waals surface area contributed by atoms with Crippen LogP contribution >= 0.6 is 27.3 Å². The first kappa shape index (κ1) is 16.5. The molecule has 0 aliphatic heterocycles. The summed E-state index contributed by atoms with van der Waals surface area (Å²) in [6.45, 7) is 10.7. The highest BCUT2D eigenvalue weighted by molar-refractivity contribution is 9.10. The number of nitrogens with zero attached hydrogens (tertiary/aromatic N) is 3. The molecule has 0 radical (unpaired) electrons. The topological polar surface area (TPSA) is 33.1 Å². The summed E-state index contributed by atoms with van der Waals surface area (Å²) in [5.74, 6) is 0. The summed E-state index contributed by atoms with van der Waals surface area (Å²) in [6.07, 6.45) is 3.99. The maximum atomic E-state index is 4.43. The van der Waals surface area contributed by atoms with Gasteiger partial charge >= 0.3 is 0 Å². The first-order valence-electron chi connectivity index (χ1n) is 7.38. The van der Waals surface area contributed by atoms with Crippen molar-refractivity contribution in [2.24, 2.45) is 0 Å². The van der Waals surface area contributed by atoms with E-state index >= 15 is 0 Å². The average molecular weight is 371 g/mol. The van der Waals surface area contributed by atoms with Crippen LogP contribution in [0, 0.1) is 0 Å². The number of rotatable bonds is 8. The molecule has 0 bridgehead atoms. The van der Waals surface area contributed by atoms with Crippen LogP contribution in [-0.4, -0.2) is 34.3 Å². The maximum Gasteiger partial charge on any atom is 0.0731 e. The maximum absolute atomic E-state index is 4.43. The molecule has 0 saturated carbocycles. The summed E-state index contributed by atoms with van der Waals surface area (Å²) >= 11 is 5.35. The first-order valence-corrected chi connectivity index (χ1v) is 9.05. The fourth-order valence-corrected chi connectivity index (χ4v) is 4.00. The normalized spacial score (nSPS) is 12.8. The highest BCUT2D eigenvalue weighted by Gasteiger charge is 2.11. The lowest BCUT2D eigenvalue weighted by molar-refractivity contribution is 0.285. The van der Waals surface area contributed by atoms with Crippen LogP contribution in [0.4, 0.5) is 5.69 Å². The van der Waals surface area contributed by atoms with Crippen LogP contribution < -0.4 is 5.32 Å².